The standard InChI is InChI=1S/C22H21ClN2O2/c1-4-18-16(13-26)6-5-7-19(18)17-11-24-22(25-12-17)15-8-9-21(20(23)10-15)27-14(2)3/h5-14H,4H2,1-3H3. The molecule has 0 aliphatic rings. The molecular formula is C22H21ClN2O2. The maximum Gasteiger partial charge on any atom is 0.159 e. The molecule has 0 aliphatic carbocycles. The first-order valence-electron chi connectivity index (χ1n) is 8.89. The van der Waals surface area contributed by atoms with Gasteiger partial charge in [0.15, 0.2) is 5.82 Å². The first-order chi connectivity index (χ1) is 13.0. The molecular weight excluding hydrogens is 360 g/mol. The van der Waals surface area contributed by atoms with Gasteiger partial charge in [-0.05, 0) is 49.6 Å². The Kier molecular flexibility index (Phi) is 5.87. The fraction of sp³-hybridized carbons (Fsp3) is 0.227. The van der Waals surface area contributed by atoms with Crippen molar-refractivity contribution in [3.05, 3.63) is 64.9 Å². The average Bonchev–Trinajstić information content (AvgIpc) is 2.68. The second-order valence-corrected chi connectivity index (χ2v) is 6.86. The highest BCUT2D eigenvalue weighted by atomic mass is 35.5. The number of nitrogens with zero attached hydrogens (tertiary/aromatic N) is 2. The summed E-state index contributed by atoms with van der Waals surface area (Å²) in [7, 11) is 0. The first-order valence-corrected chi connectivity index (χ1v) is 9.27. The lowest BCUT2D eigenvalue weighted by Crippen LogP contribution is -2.05. The third-order valence-electron chi connectivity index (χ3n) is 4.21. The Balaban J connectivity index is 1.93. The van der Waals surface area contributed by atoms with E-state index in [0.29, 0.717) is 22.2 Å². The van der Waals surface area contributed by atoms with Crippen LogP contribution in [-0.4, -0.2) is 22.4 Å². The van der Waals surface area contributed by atoms with Gasteiger partial charge in [0.05, 0.1) is 11.1 Å². The Hall–Kier alpha value is -2.72. The minimum atomic E-state index is 0.0544. The van der Waals surface area contributed by atoms with Crippen LogP contribution in [0, 0.1) is 0 Å². The van der Waals surface area contributed by atoms with E-state index < -0.39 is 0 Å². The molecule has 3 rings (SSSR count). The molecule has 0 bridgehead atoms. The molecule has 2 aromatic carbocycles. The Labute approximate surface area is 164 Å². The van der Waals surface area contributed by atoms with Crippen LogP contribution in [0.4, 0.5) is 0 Å². The Morgan fingerprint density at radius 1 is 1.11 bits per heavy atom. The lowest BCUT2D eigenvalue weighted by Gasteiger charge is -2.12. The highest BCUT2D eigenvalue weighted by molar-refractivity contribution is 6.32. The monoisotopic (exact) mass is 380 g/mol. The van der Waals surface area contributed by atoms with Crippen LogP contribution >= 0.6 is 11.6 Å². The van der Waals surface area contributed by atoms with Crippen LogP contribution in [0.2, 0.25) is 5.02 Å². The van der Waals surface area contributed by atoms with Gasteiger partial charge in [0.1, 0.15) is 12.0 Å². The minimum Gasteiger partial charge on any atom is -0.489 e. The number of carbonyl (C=O) groups is 1. The molecule has 27 heavy (non-hydrogen) atoms. The second kappa shape index (κ2) is 8.31. The molecule has 0 aliphatic heterocycles. The Bertz CT molecular complexity index is 953. The molecule has 1 heterocycles. The second-order valence-electron chi connectivity index (χ2n) is 6.45. The van der Waals surface area contributed by atoms with Gasteiger partial charge in [-0.1, -0.05) is 36.7 Å². The predicted molar refractivity (Wildman–Crippen MR) is 108 cm³/mol. The molecule has 0 radical (unpaired) electrons. The summed E-state index contributed by atoms with van der Waals surface area (Å²) in [5.74, 6) is 1.23. The molecule has 0 atom stereocenters. The molecule has 3 aromatic rings. The zero-order valence-electron chi connectivity index (χ0n) is 15.6. The molecule has 0 fully saturated rings. The van der Waals surface area contributed by atoms with Crippen molar-refractivity contribution in [2.75, 3.05) is 0 Å². The van der Waals surface area contributed by atoms with Crippen LogP contribution in [0.5, 0.6) is 5.75 Å². The van der Waals surface area contributed by atoms with E-state index in [1.54, 1.807) is 18.5 Å². The number of benzene rings is 2. The minimum absolute atomic E-state index is 0.0544. The smallest absolute Gasteiger partial charge is 0.159 e. The Morgan fingerprint density at radius 3 is 2.44 bits per heavy atom. The zero-order chi connectivity index (χ0) is 19.4. The number of hydrogen-bond donors (Lipinski definition) is 0. The molecule has 0 saturated carbocycles. The van der Waals surface area contributed by atoms with Gasteiger partial charge in [-0.2, -0.15) is 0 Å². The summed E-state index contributed by atoms with van der Waals surface area (Å²) in [4.78, 5) is 20.3. The number of halogens is 1. The van der Waals surface area contributed by atoms with E-state index in [1.165, 1.54) is 0 Å². The van der Waals surface area contributed by atoms with E-state index in [4.69, 9.17) is 16.3 Å². The third kappa shape index (κ3) is 4.17. The lowest BCUT2D eigenvalue weighted by molar-refractivity contribution is 0.112. The average molecular weight is 381 g/mol. The van der Waals surface area contributed by atoms with E-state index >= 15 is 0 Å². The van der Waals surface area contributed by atoms with Gasteiger partial charge in [-0.3, -0.25) is 4.79 Å². The molecule has 4 nitrogen and oxygen atoms in total. The SMILES string of the molecule is CCc1c(C=O)cccc1-c1cnc(-c2ccc(OC(C)C)c(Cl)c2)nc1. The lowest BCUT2D eigenvalue weighted by atomic mass is 9.96. The van der Waals surface area contributed by atoms with E-state index in [9.17, 15) is 4.79 Å². The van der Waals surface area contributed by atoms with E-state index in [0.717, 1.165) is 35.0 Å². The van der Waals surface area contributed by atoms with Crippen LogP contribution < -0.4 is 4.74 Å². The topological polar surface area (TPSA) is 52.1 Å². The predicted octanol–water partition coefficient (Wildman–Crippen LogP) is 5.63. The summed E-state index contributed by atoms with van der Waals surface area (Å²) >= 11 is 6.31. The van der Waals surface area contributed by atoms with Gasteiger partial charge in [-0.15, -0.1) is 0 Å². The van der Waals surface area contributed by atoms with Gasteiger partial charge in [0, 0.05) is 29.1 Å². The van der Waals surface area contributed by atoms with Gasteiger partial charge in [-0.25, -0.2) is 9.97 Å². The highest BCUT2D eigenvalue weighted by Crippen LogP contribution is 2.31. The van der Waals surface area contributed by atoms with Crippen molar-refractivity contribution in [2.24, 2.45) is 0 Å². The maximum absolute atomic E-state index is 11.3. The van der Waals surface area contributed by atoms with E-state index in [2.05, 4.69) is 9.97 Å². The molecule has 0 amide bonds. The normalized spacial score (nSPS) is 10.9. The molecule has 1 aromatic heterocycles. The third-order valence-corrected chi connectivity index (χ3v) is 4.50. The highest BCUT2D eigenvalue weighted by Gasteiger charge is 2.11. The number of carbonyl (C=O) groups excluding carboxylic acids is 1. The summed E-state index contributed by atoms with van der Waals surface area (Å²) in [5.41, 5.74) is 4.38. The summed E-state index contributed by atoms with van der Waals surface area (Å²) in [6, 6.07) is 11.2. The zero-order valence-corrected chi connectivity index (χ0v) is 16.3. The summed E-state index contributed by atoms with van der Waals surface area (Å²) < 4.78 is 5.66. The van der Waals surface area contributed by atoms with Crippen molar-refractivity contribution in [1.29, 1.82) is 0 Å². The number of ether oxygens (including phenoxy) is 1. The largest absolute Gasteiger partial charge is 0.489 e. The molecule has 0 unspecified atom stereocenters. The van der Waals surface area contributed by atoms with E-state index in [-0.39, 0.29) is 6.10 Å². The fourth-order valence-corrected chi connectivity index (χ4v) is 3.21. The van der Waals surface area contributed by atoms with Crippen LogP contribution in [0.25, 0.3) is 22.5 Å². The van der Waals surface area contributed by atoms with Crippen molar-refractivity contribution in [3.8, 4) is 28.3 Å². The summed E-state index contributed by atoms with van der Waals surface area (Å²) in [6.45, 7) is 5.94. The Morgan fingerprint density at radius 2 is 1.85 bits per heavy atom. The van der Waals surface area contributed by atoms with Gasteiger partial charge in [0.2, 0.25) is 0 Å². The van der Waals surface area contributed by atoms with Crippen molar-refractivity contribution in [1.82, 2.24) is 9.97 Å². The molecule has 0 N–H and O–H groups in total. The molecule has 5 heteroatoms. The number of aldehydes is 1. The fourth-order valence-electron chi connectivity index (χ4n) is 2.99. The van der Waals surface area contributed by atoms with Gasteiger partial charge >= 0.3 is 0 Å². The van der Waals surface area contributed by atoms with Gasteiger partial charge < -0.3 is 4.74 Å². The quantitative estimate of drug-likeness (QED) is 0.520. The number of hydrogen-bond acceptors (Lipinski definition) is 4. The molecule has 0 spiro atoms. The summed E-state index contributed by atoms with van der Waals surface area (Å²) in [6.07, 6.45) is 5.26. The summed E-state index contributed by atoms with van der Waals surface area (Å²) in [5, 5.41) is 0.529. The number of rotatable bonds is 6. The number of aromatic nitrogens is 2. The molecule has 138 valence electrons. The van der Waals surface area contributed by atoms with Crippen molar-refractivity contribution in [2.45, 2.75) is 33.3 Å². The first kappa shape index (κ1) is 19.1. The van der Waals surface area contributed by atoms with Gasteiger partial charge in [0.25, 0.3) is 0 Å². The van der Waals surface area contributed by atoms with Crippen molar-refractivity contribution < 1.29 is 9.53 Å². The van der Waals surface area contributed by atoms with Crippen LogP contribution in [0.15, 0.2) is 48.8 Å². The van der Waals surface area contributed by atoms with E-state index in [1.807, 2.05) is 51.1 Å². The molecule has 0 saturated heterocycles. The van der Waals surface area contributed by atoms with Crippen molar-refractivity contribution in [3.63, 3.8) is 0 Å². The van der Waals surface area contributed by atoms with Crippen molar-refractivity contribution >= 4 is 17.9 Å². The van der Waals surface area contributed by atoms with Crippen LogP contribution in [0.3, 0.4) is 0 Å². The maximum atomic E-state index is 11.3. The van der Waals surface area contributed by atoms with Crippen LogP contribution in [-0.2, 0) is 6.42 Å². The van der Waals surface area contributed by atoms with Crippen LogP contribution in [0.1, 0.15) is 36.7 Å².